The van der Waals surface area contributed by atoms with E-state index in [0.717, 1.165) is 12.0 Å². The third-order valence-corrected chi connectivity index (χ3v) is 4.45. The molecule has 0 aromatic carbocycles. The average Bonchev–Trinajstić information content (AvgIpc) is 2.60. The molecule has 2 rings (SSSR count). The molecule has 0 amide bonds. The van der Waals surface area contributed by atoms with Gasteiger partial charge in [-0.3, -0.25) is 0 Å². The zero-order valence-electron chi connectivity index (χ0n) is 10.3. The van der Waals surface area contributed by atoms with Crippen LogP contribution in [0, 0.1) is 5.92 Å². The zero-order valence-corrected chi connectivity index (χ0v) is 10.3. The smallest absolute Gasteiger partial charge is 0.0154 e. The minimum atomic E-state index is 0.241. The molecular weight excluding hydrogens is 184 g/mol. The Morgan fingerprint density at radius 1 is 1.40 bits per heavy atom. The number of hydrogen-bond acceptors (Lipinski definition) is 2. The van der Waals surface area contributed by atoms with Gasteiger partial charge in [-0.25, -0.2) is 0 Å². The lowest BCUT2D eigenvalue weighted by atomic mass is 9.73. The molecule has 1 atom stereocenters. The number of nitrogens with two attached hydrogens (primary N) is 1. The van der Waals surface area contributed by atoms with Crippen LogP contribution in [0.2, 0.25) is 0 Å². The molecule has 2 nitrogen and oxygen atoms in total. The van der Waals surface area contributed by atoms with Crippen LogP contribution < -0.4 is 5.73 Å². The van der Waals surface area contributed by atoms with Crippen LogP contribution in [-0.4, -0.2) is 29.6 Å². The minimum absolute atomic E-state index is 0.241. The van der Waals surface area contributed by atoms with Gasteiger partial charge in [-0.2, -0.15) is 0 Å². The quantitative estimate of drug-likeness (QED) is 0.772. The first kappa shape index (κ1) is 11.4. The maximum atomic E-state index is 6.26. The average molecular weight is 210 g/mol. The number of nitrogens with zero attached hydrogens (tertiary/aromatic N) is 1. The lowest BCUT2D eigenvalue weighted by Crippen LogP contribution is -2.46. The molecular formula is C13H26N2. The van der Waals surface area contributed by atoms with E-state index >= 15 is 0 Å². The monoisotopic (exact) mass is 210 g/mol. The van der Waals surface area contributed by atoms with Gasteiger partial charge in [-0.15, -0.1) is 0 Å². The first-order valence-corrected chi connectivity index (χ1v) is 6.62. The Balaban J connectivity index is 1.68. The first-order valence-electron chi connectivity index (χ1n) is 6.62. The molecule has 1 heterocycles. The highest BCUT2D eigenvalue weighted by molar-refractivity contribution is 4.93. The van der Waals surface area contributed by atoms with Crippen molar-refractivity contribution in [2.75, 3.05) is 13.1 Å². The van der Waals surface area contributed by atoms with E-state index in [9.17, 15) is 0 Å². The van der Waals surface area contributed by atoms with Crippen molar-refractivity contribution in [3.63, 3.8) is 0 Å². The van der Waals surface area contributed by atoms with Crippen LogP contribution in [0.4, 0.5) is 0 Å². The summed E-state index contributed by atoms with van der Waals surface area (Å²) in [6, 6.07) is 0.727. The molecule has 2 N–H and O–H groups in total. The van der Waals surface area contributed by atoms with Crippen LogP contribution >= 0.6 is 0 Å². The molecule has 1 saturated carbocycles. The molecule has 1 aliphatic carbocycles. The van der Waals surface area contributed by atoms with Gasteiger partial charge in [0, 0.05) is 18.1 Å². The van der Waals surface area contributed by atoms with Gasteiger partial charge in [0.05, 0.1) is 0 Å². The molecule has 2 heteroatoms. The van der Waals surface area contributed by atoms with E-state index < -0.39 is 0 Å². The van der Waals surface area contributed by atoms with E-state index in [4.69, 9.17) is 5.73 Å². The van der Waals surface area contributed by atoms with Crippen molar-refractivity contribution in [3.8, 4) is 0 Å². The molecule has 1 unspecified atom stereocenters. The number of likely N-dealkylation sites (tertiary alicyclic amines) is 1. The van der Waals surface area contributed by atoms with Crippen LogP contribution in [0.1, 0.15) is 52.4 Å². The van der Waals surface area contributed by atoms with Crippen molar-refractivity contribution < 1.29 is 0 Å². The molecule has 2 fully saturated rings. The zero-order chi connectivity index (χ0) is 10.9. The van der Waals surface area contributed by atoms with Crippen LogP contribution in [0.3, 0.4) is 0 Å². The first-order chi connectivity index (χ1) is 7.09. The molecule has 0 aromatic rings. The van der Waals surface area contributed by atoms with Gasteiger partial charge in [0.25, 0.3) is 0 Å². The maximum Gasteiger partial charge on any atom is 0.0154 e. The van der Waals surface area contributed by atoms with Crippen LogP contribution in [-0.2, 0) is 0 Å². The van der Waals surface area contributed by atoms with Crippen molar-refractivity contribution in [2.24, 2.45) is 11.7 Å². The summed E-state index contributed by atoms with van der Waals surface area (Å²) in [5.41, 5.74) is 6.50. The van der Waals surface area contributed by atoms with Gasteiger partial charge in [-0.05, 0) is 64.8 Å². The fourth-order valence-electron chi connectivity index (χ4n) is 2.94. The molecule has 88 valence electrons. The van der Waals surface area contributed by atoms with Gasteiger partial charge in [0.2, 0.25) is 0 Å². The predicted octanol–water partition coefficient (Wildman–Crippen LogP) is 2.38. The minimum Gasteiger partial charge on any atom is -0.325 e. The highest BCUT2D eigenvalue weighted by atomic mass is 15.2. The Hall–Kier alpha value is -0.0800. The fourth-order valence-corrected chi connectivity index (χ4v) is 2.94. The summed E-state index contributed by atoms with van der Waals surface area (Å²) >= 11 is 0. The summed E-state index contributed by atoms with van der Waals surface area (Å²) in [6.07, 6.45) is 7.93. The fraction of sp³-hybridized carbons (Fsp3) is 1.00. The summed E-state index contributed by atoms with van der Waals surface area (Å²) in [5, 5.41) is 0. The summed E-state index contributed by atoms with van der Waals surface area (Å²) in [5.74, 6) is 0.924. The van der Waals surface area contributed by atoms with Crippen molar-refractivity contribution in [1.29, 1.82) is 0 Å². The molecule has 0 bridgehead atoms. The van der Waals surface area contributed by atoms with Crippen LogP contribution in [0.15, 0.2) is 0 Å². The van der Waals surface area contributed by atoms with Crippen LogP contribution in [0.25, 0.3) is 0 Å². The molecule has 1 saturated heterocycles. The van der Waals surface area contributed by atoms with Gasteiger partial charge in [0.1, 0.15) is 0 Å². The van der Waals surface area contributed by atoms with Gasteiger partial charge < -0.3 is 10.6 Å². The van der Waals surface area contributed by atoms with Crippen molar-refractivity contribution >= 4 is 0 Å². The second-order valence-electron chi connectivity index (χ2n) is 6.00. The van der Waals surface area contributed by atoms with Crippen molar-refractivity contribution in [2.45, 2.75) is 64.0 Å². The Morgan fingerprint density at radius 3 is 2.60 bits per heavy atom. The maximum absolute atomic E-state index is 6.26. The van der Waals surface area contributed by atoms with E-state index in [0.29, 0.717) is 0 Å². The highest BCUT2D eigenvalue weighted by Crippen LogP contribution is 2.35. The van der Waals surface area contributed by atoms with E-state index in [1.165, 1.54) is 51.6 Å². The topological polar surface area (TPSA) is 29.3 Å². The van der Waals surface area contributed by atoms with E-state index in [-0.39, 0.29) is 5.54 Å². The summed E-state index contributed by atoms with van der Waals surface area (Å²) in [4.78, 5) is 2.61. The van der Waals surface area contributed by atoms with Crippen molar-refractivity contribution in [1.82, 2.24) is 4.90 Å². The third-order valence-electron chi connectivity index (χ3n) is 4.45. The van der Waals surface area contributed by atoms with Gasteiger partial charge in [-0.1, -0.05) is 0 Å². The standard InChI is InChI=1S/C13H26N2/c1-11(2)15-9-5-12(10-15)4-8-13(14)6-3-7-13/h11-12H,3-10,14H2,1-2H3. The summed E-state index contributed by atoms with van der Waals surface area (Å²) < 4.78 is 0. The predicted molar refractivity (Wildman–Crippen MR) is 64.8 cm³/mol. The molecule has 0 aromatic heterocycles. The van der Waals surface area contributed by atoms with Gasteiger partial charge >= 0.3 is 0 Å². The third kappa shape index (κ3) is 2.73. The van der Waals surface area contributed by atoms with Crippen LogP contribution in [0.5, 0.6) is 0 Å². The normalized spacial score (nSPS) is 30.8. The largest absolute Gasteiger partial charge is 0.325 e. The lowest BCUT2D eigenvalue weighted by molar-refractivity contribution is 0.208. The lowest BCUT2D eigenvalue weighted by Gasteiger charge is -2.39. The molecule has 1 aliphatic heterocycles. The van der Waals surface area contributed by atoms with Gasteiger partial charge in [0.15, 0.2) is 0 Å². The van der Waals surface area contributed by atoms with E-state index in [1.807, 2.05) is 0 Å². The van der Waals surface area contributed by atoms with Crippen molar-refractivity contribution in [3.05, 3.63) is 0 Å². The SMILES string of the molecule is CC(C)N1CCC(CCC2(N)CCC2)C1. The molecule has 0 spiro atoms. The Kier molecular flexibility index (Phi) is 3.36. The van der Waals surface area contributed by atoms with E-state index in [1.54, 1.807) is 0 Å². The second kappa shape index (κ2) is 4.42. The Bertz CT molecular complexity index is 209. The summed E-state index contributed by atoms with van der Waals surface area (Å²) in [6.45, 7) is 7.23. The molecule has 15 heavy (non-hydrogen) atoms. The molecule has 0 radical (unpaired) electrons. The summed E-state index contributed by atoms with van der Waals surface area (Å²) in [7, 11) is 0. The number of hydrogen-bond donors (Lipinski definition) is 1. The number of rotatable bonds is 4. The highest BCUT2D eigenvalue weighted by Gasteiger charge is 2.33. The Morgan fingerprint density at radius 2 is 2.13 bits per heavy atom. The Labute approximate surface area is 94.2 Å². The second-order valence-corrected chi connectivity index (χ2v) is 6.00. The van der Waals surface area contributed by atoms with E-state index in [2.05, 4.69) is 18.7 Å². The molecule has 2 aliphatic rings.